The van der Waals surface area contributed by atoms with Crippen LogP contribution < -0.4 is 9.62 Å². The molecular weight excluding hydrogens is 436 g/mol. The smallest absolute Gasteiger partial charge is 0.264 e. The molecule has 0 fully saturated rings. The third-order valence-corrected chi connectivity index (χ3v) is 7.38. The second-order valence-corrected chi connectivity index (χ2v) is 9.45. The Labute approximate surface area is 193 Å². The summed E-state index contributed by atoms with van der Waals surface area (Å²) in [5, 5.41) is 2.89. The molecular formula is C25H26N4O3S. The van der Waals surface area contributed by atoms with Gasteiger partial charge in [-0.3, -0.25) is 9.10 Å². The second kappa shape index (κ2) is 9.46. The van der Waals surface area contributed by atoms with Crippen LogP contribution in [0.3, 0.4) is 0 Å². The molecule has 0 saturated heterocycles. The minimum atomic E-state index is -3.81. The van der Waals surface area contributed by atoms with Crippen molar-refractivity contribution in [1.82, 2.24) is 14.9 Å². The monoisotopic (exact) mass is 462 g/mol. The van der Waals surface area contributed by atoms with E-state index in [1.165, 1.54) is 16.4 Å². The highest BCUT2D eigenvalue weighted by Gasteiger charge is 2.24. The number of nitrogens with zero attached hydrogens (tertiary/aromatic N) is 3. The number of fused-ring (bicyclic) bond motifs is 1. The summed E-state index contributed by atoms with van der Waals surface area (Å²) in [7, 11) is -3.81. The average Bonchev–Trinajstić information content (AvgIpc) is 3.15. The Morgan fingerprint density at radius 2 is 1.73 bits per heavy atom. The van der Waals surface area contributed by atoms with Crippen LogP contribution in [0.2, 0.25) is 0 Å². The van der Waals surface area contributed by atoms with E-state index < -0.39 is 10.0 Å². The highest BCUT2D eigenvalue weighted by molar-refractivity contribution is 7.92. The third-order valence-electron chi connectivity index (χ3n) is 5.48. The quantitative estimate of drug-likeness (QED) is 0.429. The van der Waals surface area contributed by atoms with Gasteiger partial charge in [0.15, 0.2) is 0 Å². The maximum atomic E-state index is 13.3. The van der Waals surface area contributed by atoms with E-state index in [1.54, 1.807) is 43.3 Å². The van der Waals surface area contributed by atoms with Gasteiger partial charge in [-0.05, 0) is 56.3 Å². The lowest BCUT2D eigenvalue weighted by Gasteiger charge is -2.23. The number of benzene rings is 3. The number of imidazole rings is 1. The molecule has 170 valence electrons. The summed E-state index contributed by atoms with van der Waals surface area (Å²) in [5.41, 5.74) is 2.81. The number of amides is 1. The van der Waals surface area contributed by atoms with E-state index >= 15 is 0 Å². The van der Waals surface area contributed by atoms with Crippen molar-refractivity contribution in [2.45, 2.75) is 25.3 Å². The van der Waals surface area contributed by atoms with Crippen molar-refractivity contribution in [3.05, 3.63) is 90.3 Å². The number of rotatable bonds is 8. The van der Waals surface area contributed by atoms with Crippen molar-refractivity contribution in [3.63, 3.8) is 0 Å². The number of hydrogen-bond donors (Lipinski definition) is 1. The first-order valence-electron chi connectivity index (χ1n) is 10.8. The maximum absolute atomic E-state index is 13.3. The molecule has 0 spiro atoms. The van der Waals surface area contributed by atoms with Gasteiger partial charge < -0.3 is 9.88 Å². The zero-order valence-electron chi connectivity index (χ0n) is 18.6. The van der Waals surface area contributed by atoms with Gasteiger partial charge in [0.1, 0.15) is 5.82 Å². The molecule has 0 saturated carbocycles. The van der Waals surface area contributed by atoms with Crippen LogP contribution >= 0.6 is 0 Å². The number of carbonyl (C=O) groups excluding carboxylic acids is 1. The first-order chi connectivity index (χ1) is 15.9. The number of para-hydroxylation sites is 3. The number of anilines is 1. The molecule has 33 heavy (non-hydrogen) atoms. The van der Waals surface area contributed by atoms with Gasteiger partial charge >= 0.3 is 0 Å². The minimum absolute atomic E-state index is 0.0808. The summed E-state index contributed by atoms with van der Waals surface area (Å²) in [6, 6.07) is 22.9. The number of sulfonamides is 1. The van der Waals surface area contributed by atoms with Crippen LogP contribution in [-0.2, 0) is 16.6 Å². The topological polar surface area (TPSA) is 84.3 Å². The van der Waals surface area contributed by atoms with Gasteiger partial charge in [0.2, 0.25) is 0 Å². The van der Waals surface area contributed by atoms with Gasteiger partial charge in [0.05, 0.1) is 21.6 Å². The van der Waals surface area contributed by atoms with E-state index in [9.17, 15) is 13.2 Å². The van der Waals surface area contributed by atoms with Crippen molar-refractivity contribution in [1.29, 1.82) is 0 Å². The lowest BCUT2D eigenvalue weighted by Crippen LogP contribution is -2.31. The summed E-state index contributed by atoms with van der Waals surface area (Å²) in [6.07, 6.45) is 0. The van der Waals surface area contributed by atoms with Gasteiger partial charge in [-0.15, -0.1) is 0 Å². The number of carbonyl (C=O) groups is 1. The molecule has 1 aromatic heterocycles. The fourth-order valence-corrected chi connectivity index (χ4v) is 5.39. The number of hydrogen-bond acceptors (Lipinski definition) is 4. The molecule has 1 amide bonds. The number of aromatic nitrogens is 2. The van der Waals surface area contributed by atoms with Crippen molar-refractivity contribution < 1.29 is 13.2 Å². The first kappa shape index (κ1) is 22.5. The molecule has 0 radical (unpaired) electrons. The van der Waals surface area contributed by atoms with Crippen molar-refractivity contribution >= 4 is 32.7 Å². The van der Waals surface area contributed by atoms with E-state index in [0.717, 1.165) is 16.9 Å². The molecule has 0 bridgehead atoms. The Bertz CT molecular complexity index is 1380. The predicted octanol–water partition coefficient (Wildman–Crippen LogP) is 3.99. The molecule has 0 unspecified atom stereocenters. The fraction of sp³-hybridized carbons (Fsp3) is 0.200. The Kier molecular flexibility index (Phi) is 6.46. The van der Waals surface area contributed by atoms with Gasteiger partial charge in [-0.2, -0.15) is 0 Å². The zero-order valence-corrected chi connectivity index (χ0v) is 19.4. The van der Waals surface area contributed by atoms with Crippen LogP contribution in [0.25, 0.3) is 11.0 Å². The fourth-order valence-electron chi connectivity index (χ4n) is 3.87. The molecule has 1 heterocycles. The normalized spacial score (nSPS) is 11.5. The SMILES string of the molecule is CCN(c1ccccc1)S(=O)(=O)c1cccc(C(=O)NCCn2c(C)nc3ccccc32)c1. The van der Waals surface area contributed by atoms with Gasteiger partial charge in [-0.1, -0.05) is 36.4 Å². The number of aryl methyl sites for hydroxylation is 1. The van der Waals surface area contributed by atoms with Crippen LogP contribution in [0.5, 0.6) is 0 Å². The first-order valence-corrected chi connectivity index (χ1v) is 12.2. The van der Waals surface area contributed by atoms with E-state index in [2.05, 4.69) is 14.9 Å². The van der Waals surface area contributed by atoms with Crippen LogP contribution in [0.1, 0.15) is 23.1 Å². The van der Waals surface area contributed by atoms with E-state index in [-0.39, 0.29) is 17.3 Å². The third kappa shape index (κ3) is 4.61. The zero-order chi connectivity index (χ0) is 23.4. The molecule has 0 aliphatic carbocycles. The molecule has 7 nitrogen and oxygen atoms in total. The summed E-state index contributed by atoms with van der Waals surface area (Å²) in [6.45, 7) is 4.95. The molecule has 1 N–H and O–H groups in total. The second-order valence-electron chi connectivity index (χ2n) is 7.59. The Morgan fingerprint density at radius 3 is 2.48 bits per heavy atom. The van der Waals surface area contributed by atoms with E-state index in [0.29, 0.717) is 24.3 Å². The average molecular weight is 463 g/mol. The summed E-state index contributed by atoms with van der Waals surface area (Å²) in [4.78, 5) is 17.4. The van der Waals surface area contributed by atoms with Crippen molar-refractivity contribution in [2.75, 3.05) is 17.4 Å². The van der Waals surface area contributed by atoms with E-state index in [4.69, 9.17) is 0 Å². The van der Waals surface area contributed by atoms with Crippen LogP contribution in [0.15, 0.2) is 83.8 Å². The van der Waals surface area contributed by atoms with Crippen molar-refractivity contribution in [2.24, 2.45) is 0 Å². The van der Waals surface area contributed by atoms with Crippen LogP contribution in [0, 0.1) is 6.92 Å². The summed E-state index contributed by atoms with van der Waals surface area (Å²) in [5.74, 6) is 0.552. The lowest BCUT2D eigenvalue weighted by atomic mass is 10.2. The van der Waals surface area contributed by atoms with Gasteiger partial charge in [0.25, 0.3) is 15.9 Å². The molecule has 0 atom stereocenters. The minimum Gasteiger partial charge on any atom is -0.350 e. The highest BCUT2D eigenvalue weighted by Crippen LogP contribution is 2.24. The molecule has 0 aliphatic rings. The molecule has 4 aromatic rings. The number of nitrogens with one attached hydrogen (secondary N) is 1. The summed E-state index contributed by atoms with van der Waals surface area (Å²) < 4.78 is 29.9. The van der Waals surface area contributed by atoms with Gasteiger partial charge in [0, 0.05) is 25.2 Å². The predicted molar refractivity (Wildman–Crippen MR) is 130 cm³/mol. The van der Waals surface area contributed by atoms with Crippen LogP contribution in [0.4, 0.5) is 5.69 Å². The van der Waals surface area contributed by atoms with Gasteiger partial charge in [-0.25, -0.2) is 13.4 Å². The molecule has 4 rings (SSSR count). The Hall–Kier alpha value is -3.65. The maximum Gasteiger partial charge on any atom is 0.264 e. The molecule has 8 heteroatoms. The molecule has 0 aliphatic heterocycles. The standard InChI is InChI=1S/C25H26N4O3S/c1-3-29(21-11-5-4-6-12-21)33(31,32)22-13-9-10-20(18-22)25(30)26-16-17-28-19(2)27-23-14-7-8-15-24(23)28/h4-15,18H,3,16-17H2,1-2H3,(H,26,30). The largest absolute Gasteiger partial charge is 0.350 e. The lowest BCUT2D eigenvalue weighted by molar-refractivity contribution is 0.0952. The van der Waals surface area contributed by atoms with Crippen molar-refractivity contribution in [3.8, 4) is 0 Å². The Morgan fingerprint density at radius 1 is 1.00 bits per heavy atom. The van der Waals surface area contributed by atoms with E-state index in [1.807, 2.05) is 37.3 Å². The molecule has 3 aromatic carbocycles. The highest BCUT2D eigenvalue weighted by atomic mass is 32.2. The Balaban J connectivity index is 1.49. The van der Waals surface area contributed by atoms with Crippen LogP contribution in [-0.4, -0.2) is 37.0 Å². The summed E-state index contributed by atoms with van der Waals surface area (Å²) >= 11 is 0.